The molecule has 0 aromatic rings. The fraction of sp³-hybridized carbons (Fsp3) is 0.917. The minimum absolute atomic E-state index is 0. The van der Waals surface area contributed by atoms with E-state index in [1.165, 1.54) is 4.90 Å². The van der Waals surface area contributed by atoms with Crippen molar-refractivity contribution >= 4 is 6.09 Å². The highest BCUT2D eigenvalue weighted by atomic mass is 19.1. The van der Waals surface area contributed by atoms with Gasteiger partial charge in [0.1, 0.15) is 6.17 Å². The molecule has 0 bridgehead atoms. The lowest BCUT2D eigenvalue weighted by Gasteiger charge is -2.34. The van der Waals surface area contributed by atoms with Crippen LogP contribution in [0.1, 0.15) is 34.5 Å². The largest absolute Gasteiger partial charge is 0.447 e. The Hall–Kier alpha value is -0.840. The molecule has 1 heterocycles. The van der Waals surface area contributed by atoms with Crippen molar-refractivity contribution in [1.29, 1.82) is 0 Å². The van der Waals surface area contributed by atoms with Gasteiger partial charge < -0.3 is 15.0 Å². The number of alkyl halides is 1. The zero-order valence-electron chi connectivity index (χ0n) is 10.5. The van der Waals surface area contributed by atoms with Gasteiger partial charge in [0.05, 0.1) is 12.6 Å². The van der Waals surface area contributed by atoms with Gasteiger partial charge in [-0.2, -0.15) is 0 Å². The predicted octanol–water partition coefficient (Wildman–Crippen LogP) is 1.94. The van der Waals surface area contributed by atoms with Gasteiger partial charge in [-0.1, -0.05) is 0 Å². The summed E-state index contributed by atoms with van der Waals surface area (Å²) in [6.07, 6.45) is 1.45. The molecular formula is C12H23FN2O2. The van der Waals surface area contributed by atoms with Gasteiger partial charge in [-0.15, -0.1) is 0 Å². The first-order valence-electron chi connectivity index (χ1n) is 6.42. The highest BCUT2D eigenvalue weighted by Gasteiger charge is 2.35. The molecule has 1 saturated heterocycles. The number of nitrogens with zero attached hydrogens (tertiary/aromatic N) is 1. The summed E-state index contributed by atoms with van der Waals surface area (Å²) in [6, 6.07) is 0.415. The third-order valence-electron chi connectivity index (χ3n) is 3.16. The van der Waals surface area contributed by atoms with Gasteiger partial charge in [0, 0.05) is 20.1 Å². The Bertz CT molecular complexity index is 287. The van der Waals surface area contributed by atoms with Gasteiger partial charge >= 0.3 is 6.09 Å². The molecule has 0 aromatic heterocycles. The maximum Gasteiger partial charge on any atom is 0.410 e. The molecule has 0 unspecified atom stereocenters. The number of rotatable bonds is 3. The number of carbonyl (C=O) groups is 1. The third-order valence-corrected chi connectivity index (χ3v) is 3.16. The van der Waals surface area contributed by atoms with Crippen molar-refractivity contribution in [3.63, 3.8) is 0 Å². The lowest BCUT2D eigenvalue weighted by molar-refractivity contribution is 0.0478. The summed E-state index contributed by atoms with van der Waals surface area (Å²) in [6.45, 7) is 4.32. The Balaban J connectivity index is 0.00000162. The van der Waals surface area contributed by atoms with Crippen LogP contribution in [0.2, 0.25) is 0 Å². The Kier molecular flexibility index (Phi) is 3.86. The lowest BCUT2D eigenvalue weighted by atomic mass is 10.0. The Morgan fingerprint density at radius 2 is 2.18 bits per heavy atom. The zero-order chi connectivity index (χ0) is 12.4. The van der Waals surface area contributed by atoms with Crippen molar-refractivity contribution < 1.29 is 15.3 Å². The molecule has 2 atom stereocenters. The summed E-state index contributed by atoms with van der Waals surface area (Å²) < 4.78 is 18.9. The number of hydrogen-bond acceptors (Lipinski definition) is 3. The molecule has 1 N–H and O–H groups in total. The van der Waals surface area contributed by atoms with Crippen molar-refractivity contribution in [2.45, 2.75) is 57.5 Å². The van der Waals surface area contributed by atoms with Crippen LogP contribution in [-0.2, 0) is 4.74 Å². The first kappa shape index (κ1) is 12.6. The average molecular weight is 246 g/mol. The van der Waals surface area contributed by atoms with E-state index in [1.54, 1.807) is 13.8 Å². The summed E-state index contributed by atoms with van der Waals surface area (Å²) in [5.74, 6) is 0. The van der Waals surface area contributed by atoms with E-state index in [4.69, 9.17) is 4.74 Å². The number of piperidine rings is 1. The van der Waals surface area contributed by atoms with Crippen LogP contribution in [0.4, 0.5) is 9.18 Å². The minimum Gasteiger partial charge on any atom is -0.447 e. The molecule has 0 aromatic carbocycles. The Morgan fingerprint density at radius 1 is 1.47 bits per heavy atom. The number of hydrogen-bond donors (Lipinski definition) is 1. The van der Waals surface area contributed by atoms with E-state index in [0.29, 0.717) is 19.0 Å². The minimum atomic E-state index is -0.982. The van der Waals surface area contributed by atoms with Gasteiger partial charge in [0.2, 0.25) is 0 Å². The van der Waals surface area contributed by atoms with E-state index in [0.717, 1.165) is 12.8 Å². The maximum atomic E-state index is 13.9. The van der Waals surface area contributed by atoms with E-state index in [9.17, 15) is 9.18 Å². The fourth-order valence-electron chi connectivity index (χ4n) is 2.09. The first-order chi connectivity index (χ1) is 8.06. The average Bonchev–Trinajstić information content (AvgIpc) is 3.04. The van der Waals surface area contributed by atoms with Crippen molar-refractivity contribution in [1.82, 2.24) is 10.2 Å². The van der Waals surface area contributed by atoms with Gasteiger partial charge in [-0.05, 0) is 33.1 Å². The second-order valence-electron chi connectivity index (χ2n) is 5.23. The van der Waals surface area contributed by atoms with Crippen molar-refractivity contribution in [3.05, 3.63) is 0 Å². The number of amides is 1. The number of nitrogens with one attached hydrogen (secondary N) is 1. The summed E-state index contributed by atoms with van der Waals surface area (Å²) in [5, 5.41) is 3.29. The smallest absolute Gasteiger partial charge is 0.410 e. The monoisotopic (exact) mass is 246 g/mol. The lowest BCUT2D eigenvalue weighted by Crippen LogP contribution is -2.53. The number of likely N-dealkylation sites (tertiary alicyclic amines) is 1. The summed E-state index contributed by atoms with van der Waals surface area (Å²) in [7, 11) is 0. The molecule has 100 valence electrons. The second-order valence-corrected chi connectivity index (χ2v) is 5.23. The Morgan fingerprint density at radius 3 is 2.71 bits per heavy atom. The second kappa shape index (κ2) is 5.21. The molecule has 0 spiro atoms. The topological polar surface area (TPSA) is 41.6 Å². The molecule has 5 heteroatoms. The van der Waals surface area contributed by atoms with Crippen LogP contribution >= 0.6 is 0 Å². The third kappa shape index (κ3) is 3.56. The Labute approximate surface area is 103 Å². The highest BCUT2D eigenvalue weighted by Crippen LogP contribution is 2.23. The van der Waals surface area contributed by atoms with Crippen molar-refractivity contribution in [3.8, 4) is 0 Å². The molecule has 2 aliphatic rings. The van der Waals surface area contributed by atoms with Crippen LogP contribution in [0.25, 0.3) is 0 Å². The summed E-state index contributed by atoms with van der Waals surface area (Å²) in [4.78, 5) is 13.1. The normalized spacial score (nSPS) is 29.5. The molecule has 2 fully saturated rings. The summed E-state index contributed by atoms with van der Waals surface area (Å²) in [5.41, 5.74) is 0. The molecule has 1 aliphatic carbocycles. The van der Waals surface area contributed by atoms with Gasteiger partial charge in [0.25, 0.3) is 0 Å². The van der Waals surface area contributed by atoms with Crippen LogP contribution in [0.15, 0.2) is 0 Å². The number of halogens is 1. The number of ether oxygens (including phenoxy) is 1. The molecule has 4 nitrogen and oxygen atoms in total. The molecule has 17 heavy (non-hydrogen) atoms. The number of carbonyl (C=O) groups excluding carboxylic acids is 1. The van der Waals surface area contributed by atoms with E-state index in [-0.39, 0.29) is 20.1 Å². The van der Waals surface area contributed by atoms with Crippen LogP contribution in [-0.4, -0.2) is 48.4 Å². The quantitative estimate of drug-likeness (QED) is 0.827. The molecule has 0 radical (unpaired) electrons. The van der Waals surface area contributed by atoms with Crippen molar-refractivity contribution in [2.24, 2.45) is 0 Å². The van der Waals surface area contributed by atoms with Gasteiger partial charge in [-0.25, -0.2) is 9.18 Å². The van der Waals surface area contributed by atoms with Crippen LogP contribution in [0.3, 0.4) is 0 Å². The SMILES string of the molecule is CC(C)OC(=O)N1CC[C@@H](NC2CC2)[C@@H](F)C1.[HH]. The predicted molar refractivity (Wildman–Crippen MR) is 64.8 cm³/mol. The molecule has 1 saturated carbocycles. The first-order valence-corrected chi connectivity index (χ1v) is 6.42. The van der Waals surface area contributed by atoms with E-state index in [2.05, 4.69) is 5.32 Å². The zero-order valence-corrected chi connectivity index (χ0v) is 10.5. The van der Waals surface area contributed by atoms with E-state index in [1.807, 2.05) is 0 Å². The molecular weight excluding hydrogens is 223 g/mol. The standard InChI is InChI=1S/C12H21FN2O2.H2/c1-8(2)17-12(16)15-6-5-11(10(13)7-15)14-9-3-4-9;/h8-11,14H,3-7H2,1-2H3;1H/t10-,11+;/m0./s1. The van der Waals surface area contributed by atoms with E-state index >= 15 is 0 Å². The van der Waals surface area contributed by atoms with Gasteiger partial charge in [0.15, 0.2) is 0 Å². The summed E-state index contributed by atoms with van der Waals surface area (Å²) >= 11 is 0. The molecule has 2 rings (SSSR count). The van der Waals surface area contributed by atoms with Gasteiger partial charge in [-0.3, -0.25) is 0 Å². The highest BCUT2D eigenvalue weighted by molar-refractivity contribution is 5.68. The molecule has 1 amide bonds. The van der Waals surface area contributed by atoms with Crippen molar-refractivity contribution in [2.75, 3.05) is 13.1 Å². The van der Waals surface area contributed by atoms with Crippen LogP contribution < -0.4 is 5.32 Å². The van der Waals surface area contributed by atoms with Crippen LogP contribution in [0, 0.1) is 0 Å². The maximum absolute atomic E-state index is 13.9. The van der Waals surface area contributed by atoms with Crippen LogP contribution in [0.5, 0.6) is 0 Å². The molecule has 1 aliphatic heterocycles. The van der Waals surface area contributed by atoms with E-state index < -0.39 is 12.3 Å². The fourth-order valence-corrected chi connectivity index (χ4v) is 2.09.